The zero-order valence-corrected chi connectivity index (χ0v) is 12.6. The molecule has 0 amide bonds. The van der Waals surface area contributed by atoms with E-state index in [1.807, 2.05) is 6.07 Å². The second kappa shape index (κ2) is 5.15. The first kappa shape index (κ1) is 12.4. The Kier molecular flexibility index (Phi) is 3.54. The van der Waals surface area contributed by atoms with Crippen molar-refractivity contribution >= 4 is 27.3 Å². The highest BCUT2D eigenvalue weighted by Crippen LogP contribution is 2.40. The zero-order valence-electron chi connectivity index (χ0n) is 10.2. The number of nitrogens with zero attached hydrogens (tertiary/aromatic N) is 1. The summed E-state index contributed by atoms with van der Waals surface area (Å²) in [6.45, 7) is 3.15. The van der Waals surface area contributed by atoms with E-state index in [0.717, 1.165) is 28.2 Å². The Labute approximate surface area is 119 Å². The lowest BCUT2D eigenvalue weighted by Gasteiger charge is -2.21. The number of rotatable bonds is 3. The highest BCUT2D eigenvalue weighted by Gasteiger charge is 2.25. The van der Waals surface area contributed by atoms with Crippen LogP contribution in [0.5, 0.6) is 0 Å². The number of furan rings is 1. The molecule has 0 aromatic carbocycles. The van der Waals surface area contributed by atoms with Crippen molar-refractivity contribution in [2.75, 3.05) is 6.54 Å². The van der Waals surface area contributed by atoms with Gasteiger partial charge in [-0.15, -0.1) is 11.3 Å². The van der Waals surface area contributed by atoms with Gasteiger partial charge in [-0.05, 0) is 47.8 Å². The van der Waals surface area contributed by atoms with Gasteiger partial charge in [0.25, 0.3) is 0 Å². The molecule has 1 aliphatic carbocycles. The summed E-state index contributed by atoms with van der Waals surface area (Å²) >= 11 is 5.26. The summed E-state index contributed by atoms with van der Waals surface area (Å²) in [6.07, 6.45) is 5.21. The van der Waals surface area contributed by atoms with Gasteiger partial charge in [0, 0.05) is 10.9 Å². The molecule has 2 heterocycles. The first-order valence-corrected chi connectivity index (χ1v) is 7.87. The maximum Gasteiger partial charge on any atom is 0.176 e. The van der Waals surface area contributed by atoms with E-state index in [1.165, 1.54) is 23.4 Å². The lowest BCUT2D eigenvalue weighted by Crippen LogP contribution is -2.23. The van der Waals surface area contributed by atoms with Crippen molar-refractivity contribution in [3.05, 3.63) is 27.4 Å². The molecule has 1 atom stereocenters. The van der Waals surface area contributed by atoms with Crippen LogP contribution < -0.4 is 5.32 Å². The predicted octanol–water partition coefficient (Wildman–Crippen LogP) is 4.15. The molecule has 5 heteroatoms. The molecule has 0 bridgehead atoms. The Morgan fingerprint density at radius 1 is 1.61 bits per heavy atom. The molecule has 96 valence electrons. The maximum absolute atomic E-state index is 5.50. The number of aryl methyl sites for hydroxylation is 1. The third kappa shape index (κ3) is 2.15. The number of hydrogen-bond acceptors (Lipinski definition) is 4. The highest BCUT2D eigenvalue weighted by atomic mass is 79.9. The van der Waals surface area contributed by atoms with Crippen LogP contribution in [0.4, 0.5) is 0 Å². The van der Waals surface area contributed by atoms with Crippen LogP contribution >= 0.6 is 27.3 Å². The summed E-state index contributed by atoms with van der Waals surface area (Å²) in [5.41, 5.74) is 1.25. The molecule has 0 spiro atoms. The van der Waals surface area contributed by atoms with Gasteiger partial charge in [-0.25, -0.2) is 4.98 Å². The van der Waals surface area contributed by atoms with E-state index in [-0.39, 0.29) is 0 Å². The van der Waals surface area contributed by atoms with Crippen LogP contribution in [-0.2, 0) is 6.42 Å². The van der Waals surface area contributed by atoms with Gasteiger partial charge in [0.1, 0.15) is 0 Å². The summed E-state index contributed by atoms with van der Waals surface area (Å²) < 4.78 is 6.48. The zero-order chi connectivity index (χ0) is 12.5. The summed E-state index contributed by atoms with van der Waals surface area (Å²) in [6, 6.07) is 2.39. The van der Waals surface area contributed by atoms with Crippen molar-refractivity contribution < 1.29 is 4.42 Å². The van der Waals surface area contributed by atoms with Gasteiger partial charge in [-0.3, -0.25) is 0 Å². The Bertz CT molecular complexity index is 549. The molecular formula is C13H15BrN2OS. The van der Waals surface area contributed by atoms with E-state index in [4.69, 9.17) is 9.40 Å². The van der Waals surface area contributed by atoms with Crippen LogP contribution in [0.2, 0.25) is 0 Å². The van der Waals surface area contributed by atoms with Gasteiger partial charge in [0.05, 0.1) is 16.4 Å². The molecule has 1 aliphatic rings. The Hall–Kier alpha value is -0.650. The SMILES string of the molecule is CCNC1CCCc2nc(-c3occc3Br)sc21. The quantitative estimate of drug-likeness (QED) is 0.920. The Morgan fingerprint density at radius 3 is 3.22 bits per heavy atom. The van der Waals surface area contributed by atoms with E-state index in [2.05, 4.69) is 28.2 Å². The topological polar surface area (TPSA) is 38.1 Å². The number of aromatic nitrogens is 1. The largest absolute Gasteiger partial charge is 0.461 e. The summed E-state index contributed by atoms with van der Waals surface area (Å²) in [4.78, 5) is 6.13. The summed E-state index contributed by atoms with van der Waals surface area (Å²) in [7, 11) is 0. The minimum Gasteiger partial charge on any atom is -0.461 e. The minimum atomic E-state index is 0.471. The van der Waals surface area contributed by atoms with Gasteiger partial charge in [0.15, 0.2) is 10.8 Å². The third-order valence-corrected chi connectivity index (χ3v) is 5.05. The number of fused-ring (bicyclic) bond motifs is 1. The average Bonchev–Trinajstić information content (AvgIpc) is 2.95. The van der Waals surface area contributed by atoms with Crippen LogP contribution in [0.3, 0.4) is 0 Å². The van der Waals surface area contributed by atoms with Crippen molar-refractivity contribution in [3.8, 4) is 10.8 Å². The molecule has 1 unspecified atom stereocenters. The first-order valence-electron chi connectivity index (χ1n) is 6.26. The standard InChI is InChI=1S/C13H15BrN2OS/c1-2-15-9-4-3-5-10-12(9)18-13(16-10)11-8(14)6-7-17-11/h6-7,9,15H,2-5H2,1H3. The number of nitrogens with one attached hydrogen (secondary N) is 1. The normalized spacial score (nSPS) is 18.9. The van der Waals surface area contributed by atoms with Crippen molar-refractivity contribution in [2.45, 2.75) is 32.2 Å². The number of halogens is 1. The lowest BCUT2D eigenvalue weighted by molar-refractivity contribution is 0.476. The molecule has 3 rings (SSSR count). The maximum atomic E-state index is 5.50. The lowest BCUT2D eigenvalue weighted by atomic mass is 9.98. The molecule has 18 heavy (non-hydrogen) atoms. The van der Waals surface area contributed by atoms with Gasteiger partial charge in [0.2, 0.25) is 0 Å². The Morgan fingerprint density at radius 2 is 2.50 bits per heavy atom. The van der Waals surface area contributed by atoms with E-state index >= 15 is 0 Å². The molecular weight excluding hydrogens is 312 g/mol. The molecule has 2 aromatic heterocycles. The summed E-state index contributed by atoms with van der Waals surface area (Å²) in [5, 5.41) is 4.53. The minimum absolute atomic E-state index is 0.471. The third-order valence-electron chi connectivity index (χ3n) is 3.21. The van der Waals surface area contributed by atoms with Crippen LogP contribution in [0.15, 0.2) is 21.2 Å². The molecule has 2 aromatic rings. The second-order valence-corrected chi connectivity index (χ2v) is 6.32. The van der Waals surface area contributed by atoms with Gasteiger partial charge < -0.3 is 9.73 Å². The van der Waals surface area contributed by atoms with E-state index in [0.29, 0.717) is 6.04 Å². The number of hydrogen-bond donors (Lipinski definition) is 1. The van der Waals surface area contributed by atoms with Gasteiger partial charge in [-0.1, -0.05) is 6.92 Å². The molecule has 0 radical (unpaired) electrons. The molecule has 3 nitrogen and oxygen atoms in total. The van der Waals surface area contributed by atoms with Crippen molar-refractivity contribution in [1.29, 1.82) is 0 Å². The van der Waals surface area contributed by atoms with Crippen LogP contribution in [0.1, 0.15) is 36.4 Å². The molecule has 1 N–H and O–H groups in total. The van der Waals surface area contributed by atoms with Crippen LogP contribution in [0.25, 0.3) is 10.8 Å². The van der Waals surface area contributed by atoms with Crippen molar-refractivity contribution in [3.63, 3.8) is 0 Å². The molecule has 0 saturated heterocycles. The second-order valence-electron chi connectivity index (χ2n) is 4.43. The van der Waals surface area contributed by atoms with E-state index in [9.17, 15) is 0 Å². The molecule has 0 saturated carbocycles. The summed E-state index contributed by atoms with van der Waals surface area (Å²) in [5.74, 6) is 0.852. The monoisotopic (exact) mass is 326 g/mol. The molecule has 0 fully saturated rings. The highest BCUT2D eigenvalue weighted by molar-refractivity contribution is 9.10. The fourth-order valence-electron chi connectivity index (χ4n) is 2.40. The van der Waals surface area contributed by atoms with Crippen LogP contribution in [-0.4, -0.2) is 11.5 Å². The first-order chi connectivity index (χ1) is 8.79. The molecule has 0 aliphatic heterocycles. The van der Waals surface area contributed by atoms with Gasteiger partial charge in [-0.2, -0.15) is 0 Å². The van der Waals surface area contributed by atoms with E-state index in [1.54, 1.807) is 17.6 Å². The average molecular weight is 327 g/mol. The fourth-order valence-corrected chi connectivity index (χ4v) is 4.15. The van der Waals surface area contributed by atoms with E-state index < -0.39 is 0 Å². The fraction of sp³-hybridized carbons (Fsp3) is 0.462. The van der Waals surface area contributed by atoms with Crippen LogP contribution in [0, 0.1) is 0 Å². The van der Waals surface area contributed by atoms with Crippen molar-refractivity contribution in [1.82, 2.24) is 10.3 Å². The Balaban J connectivity index is 1.98. The van der Waals surface area contributed by atoms with Crippen molar-refractivity contribution in [2.24, 2.45) is 0 Å². The van der Waals surface area contributed by atoms with Gasteiger partial charge >= 0.3 is 0 Å². The smallest absolute Gasteiger partial charge is 0.176 e. The predicted molar refractivity (Wildman–Crippen MR) is 76.9 cm³/mol. The number of thiazole rings is 1.